The Morgan fingerprint density at radius 3 is 2.14 bits per heavy atom. The topological polar surface area (TPSA) is 86.8 Å². The van der Waals surface area contributed by atoms with E-state index in [1.807, 2.05) is 39.0 Å². The number of carbonyl (C=O) groups excluding carboxylic acids is 2. The van der Waals surface area contributed by atoms with E-state index in [-0.39, 0.29) is 18.4 Å². The molecular weight excluding hydrogens is 462 g/mol. The molecule has 184 valence electrons. The second-order valence-corrected chi connectivity index (χ2v) is 10.2. The van der Waals surface area contributed by atoms with Crippen LogP contribution in [0.4, 0.5) is 11.4 Å². The minimum Gasteiger partial charge on any atom is -0.339 e. The highest BCUT2D eigenvalue weighted by Crippen LogP contribution is 2.23. The normalized spacial score (nSPS) is 11.1. The zero-order valence-electron chi connectivity index (χ0n) is 20.5. The molecule has 0 aliphatic carbocycles. The lowest BCUT2D eigenvalue weighted by Gasteiger charge is -2.23. The van der Waals surface area contributed by atoms with Crippen molar-refractivity contribution < 1.29 is 18.0 Å². The van der Waals surface area contributed by atoms with Crippen molar-refractivity contribution in [3.8, 4) is 0 Å². The number of amides is 2. The number of anilines is 2. The van der Waals surface area contributed by atoms with Gasteiger partial charge in [-0.05, 0) is 68.3 Å². The Balaban J connectivity index is 1.78. The van der Waals surface area contributed by atoms with Crippen molar-refractivity contribution >= 4 is 33.2 Å². The molecule has 3 aromatic carbocycles. The fourth-order valence-electron chi connectivity index (χ4n) is 3.76. The van der Waals surface area contributed by atoms with Crippen LogP contribution in [0.3, 0.4) is 0 Å². The third kappa shape index (κ3) is 6.48. The average molecular weight is 494 g/mol. The molecule has 0 heterocycles. The summed E-state index contributed by atoms with van der Waals surface area (Å²) in [5, 5.41) is 2.83. The molecule has 0 saturated heterocycles. The first-order valence-electron chi connectivity index (χ1n) is 11.5. The molecule has 0 aromatic heterocycles. The number of nitrogens with one attached hydrogen (secondary N) is 1. The van der Waals surface area contributed by atoms with Gasteiger partial charge in [0.1, 0.15) is 0 Å². The van der Waals surface area contributed by atoms with Crippen LogP contribution >= 0.6 is 0 Å². The summed E-state index contributed by atoms with van der Waals surface area (Å²) in [4.78, 5) is 27.4. The second kappa shape index (κ2) is 11.2. The van der Waals surface area contributed by atoms with E-state index >= 15 is 0 Å². The molecule has 0 aliphatic heterocycles. The SMILES string of the molecule is CCN(CC)C(=O)c1ccccc1NC(=O)c1ccc(CN(c2cccc(C)c2)S(C)(=O)=O)cc1. The number of hydrogen-bond donors (Lipinski definition) is 1. The summed E-state index contributed by atoms with van der Waals surface area (Å²) in [7, 11) is -3.51. The van der Waals surface area contributed by atoms with Gasteiger partial charge in [0.25, 0.3) is 11.8 Å². The summed E-state index contributed by atoms with van der Waals surface area (Å²) in [5.41, 5.74) is 3.57. The van der Waals surface area contributed by atoms with Crippen molar-refractivity contribution in [3.05, 3.63) is 95.1 Å². The highest BCUT2D eigenvalue weighted by Gasteiger charge is 2.20. The molecule has 0 spiro atoms. The molecule has 0 radical (unpaired) electrons. The van der Waals surface area contributed by atoms with Gasteiger partial charge < -0.3 is 10.2 Å². The van der Waals surface area contributed by atoms with E-state index in [4.69, 9.17) is 0 Å². The summed E-state index contributed by atoms with van der Waals surface area (Å²) < 4.78 is 26.2. The van der Waals surface area contributed by atoms with Gasteiger partial charge in [0.05, 0.1) is 29.7 Å². The Bertz CT molecular complexity index is 1300. The number of para-hydroxylation sites is 1. The van der Waals surface area contributed by atoms with Crippen molar-refractivity contribution in [1.29, 1.82) is 0 Å². The van der Waals surface area contributed by atoms with Crippen molar-refractivity contribution in [2.75, 3.05) is 29.0 Å². The molecule has 0 aliphatic rings. The molecule has 0 bridgehead atoms. The summed E-state index contributed by atoms with van der Waals surface area (Å²) in [6.07, 6.45) is 1.17. The summed E-state index contributed by atoms with van der Waals surface area (Å²) >= 11 is 0. The largest absolute Gasteiger partial charge is 0.339 e. The molecule has 0 unspecified atom stereocenters. The van der Waals surface area contributed by atoms with E-state index in [2.05, 4.69) is 5.32 Å². The molecule has 3 rings (SSSR count). The molecule has 35 heavy (non-hydrogen) atoms. The number of aryl methyl sites for hydroxylation is 1. The van der Waals surface area contributed by atoms with Crippen molar-refractivity contribution in [3.63, 3.8) is 0 Å². The van der Waals surface area contributed by atoms with Crippen LogP contribution in [0.5, 0.6) is 0 Å². The van der Waals surface area contributed by atoms with Crippen LogP contribution in [0.1, 0.15) is 45.7 Å². The number of carbonyl (C=O) groups is 2. The van der Waals surface area contributed by atoms with Gasteiger partial charge in [-0.1, -0.05) is 36.4 Å². The summed E-state index contributed by atoms with van der Waals surface area (Å²) in [5.74, 6) is -0.492. The first kappa shape index (κ1) is 26.0. The lowest BCUT2D eigenvalue weighted by Crippen LogP contribution is -2.31. The van der Waals surface area contributed by atoms with Crippen molar-refractivity contribution in [1.82, 2.24) is 4.90 Å². The van der Waals surface area contributed by atoms with Crippen LogP contribution in [-0.2, 0) is 16.6 Å². The van der Waals surface area contributed by atoms with Crippen LogP contribution in [0.2, 0.25) is 0 Å². The van der Waals surface area contributed by atoms with E-state index in [9.17, 15) is 18.0 Å². The van der Waals surface area contributed by atoms with Gasteiger partial charge in [-0.25, -0.2) is 8.42 Å². The molecule has 0 atom stereocenters. The summed E-state index contributed by atoms with van der Waals surface area (Å²) in [6.45, 7) is 7.02. The van der Waals surface area contributed by atoms with Crippen LogP contribution in [0.15, 0.2) is 72.8 Å². The van der Waals surface area contributed by atoms with Gasteiger partial charge in [0, 0.05) is 18.7 Å². The molecule has 0 saturated carbocycles. The van der Waals surface area contributed by atoms with Crippen LogP contribution < -0.4 is 9.62 Å². The standard InChI is InChI=1S/C27H31N3O4S/c1-5-29(6-2)27(32)24-12-7-8-13-25(24)28-26(31)22-16-14-21(15-17-22)19-30(35(4,33)34)23-11-9-10-20(3)18-23/h7-18H,5-6,19H2,1-4H3,(H,28,31). The van der Waals surface area contributed by atoms with Crippen molar-refractivity contribution in [2.45, 2.75) is 27.3 Å². The lowest BCUT2D eigenvalue weighted by molar-refractivity contribution is 0.0774. The smallest absolute Gasteiger partial charge is 0.255 e. The monoisotopic (exact) mass is 493 g/mol. The zero-order chi connectivity index (χ0) is 25.6. The number of nitrogens with zero attached hydrogens (tertiary/aromatic N) is 2. The molecule has 1 N–H and O–H groups in total. The minimum absolute atomic E-state index is 0.140. The maximum atomic E-state index is 12.9. The first-order valence-corrected chi connectivity index (χ1v) is 13.3. The fraction of sp³-hybridized carbons (Fsp3) is 0.259. The fourth-order valence-corrected chi connectivity index (χ4v) is 4.64. The quantitative estimate of drug-likeness (QED) is 0.468. The molecule has 2 amide bonds. The van der Waals surface area contributed by atoms with E-state index < -0.39 is 10.0 Å². The van der Waals surface area contributed by atoms with E-state index in [1.165, 1.54) is 10.6 Å². The van der Waals surface area contributed by atoms with Crippen LogP contribution in [0, 0.1) is 6.92 Å². The molecule has 3 aromatic rings. The Kier molecular flexibility index (Phi) is 8.30. The third-order valence-corrected chi connectivity index (χ3v) is 6.83. The van der Waals surface area contributed by atoms with Gasteiger partial charge in [0.15, 0.2) is 0 Å². The molecular formula is C27H31N3O4S. The Morgan fingerprint density at radius 2 is 1.54 bits per heavy atom. The van der Waals surface area contributed by atoms with Crippen molar-refractivity contribution in [2.24, 2.45) is 0 Å². The summed E-state index contributed by atoms with van der Waals surface area (Å²) in [6, 6.07) is 21.0. The Labute approximate surface area is 207 Å². The average Bonchev–Trinajstić information content (AvgIpc) is 2.83. The molecule has 0 fully saturated rings. The minimum atomic E-state index is -3.51. The van der Waals surface area contributed by atoms with Gasteiger partial charge in [-0.15, -0.1) is 0 Å². The first-order chi connectivity index (χ1) is 16.6. The maximum absolute atomic E-state index is 12.9. The van der Waals surface area contributed by atoms with Gasteiger partial charge in [-0.3, -0.25) is 13.9 Å². The highest BCUT2D eigenvalue weighted by atomic mass is 32.2. The molecule has 8 heteroatoms. The third-order valence-electron chi connectivity index (χ3n) is 5.69. The number of sulfonamides is 1. The number of benzene rings is 3. The second-order valence-electron chi connectivity index (χ2n) is 8.28. The van der Waals surface area contributed by atoms with E-state index in [0.717, 1.165) is 11.1 Å². The lowest BCUT2D eigenvalue weighted by atomic mass is 10.1. The highest BCUT2D eigenvalue weighted by molar-refractivity contribution is 7.92. The predicted molar refractivity (Wildman–Crippen MR) is 140 cm³/mol. The Hall–Kier alpha value is -3.65. The maximum Gasteiger partial charge on any atom is 0.255 e. The number of rotatable bonds is 9. The van der Waals surface area contributed by atoms with E-state index in [0.29, 0.717) is 35.6 Å². The Morgan fingerprint density at radius 1 is 0.886 bits per heavy atom. The van der Waals surface area contributed by atoms with Gasteiger partial charge >= 0.3 is 0 Å². The van der Waals surface area contributed by atoms with Crippen LogP contribution in [-0.4, -0.2) is 44.5 Å². The van der Waals surface area contributed by atoms with Crippen LogP contribution in [0.25, 0.3) is 0 Å². The van der Waals surface area contributed by atoms with Gasteiger partial charge in [-0.2, -0.15) is 0 Å². The van der Waals surface area contributed by atoms with E-state index in [1.54, 1.807) is 59.5 Å². The predicted octanol–water partition coefficient (Wildman–Crippen LogP) is 4.70. The zero-order valence-corrected chi connectivity index (χ0v) is 21.3. The number of hydrogen-bond acceptors (Lipinski definition) is 4. The molecule has 7 nitrogen and oxygen atoms in total. The van der Waals surface area contributed by atoms with Gasteiger partial charge in [0.2, 0.25) is 10.0 Å².